The molecule has 0 saturated carbocycles. The third-order valence-corrected chi connectivity index (χ3v) is 4.57. The van der Waals surface area contributed by atoms with Crippen molar-refractivity contribution in [2.75, 3.05) is 6.61 Å². The van der Waals surface area contributed by atoms with Crippen LogP contribution in [0.5, 0.6) is 5.75 Å². The number of hydrogen-bond donors (Lipinski definition) is 0. The Labute approximate surface area is 171 Å². The van der Waals surface area contributed by atoms with E-state index in [0.717, 1.165) is 11.3 Å². The van der Waals surface area contributed by atoms with Crippen LogP contribution in [0.15, 0.2) is 59.1 Å². The molecular formula is C23H27N3O3. The molecule has 3 aromatic rings. The van der Waals surface area contributed by atoms with E-state index in [2.05, 4.69) is 10.1 Å². The number of hydrogen-bond acceptors (Lipinski definition) is 5. The number of ether oxygens (including phenoxy) is 1. The Kier molecular flexibility index (Phi) is 7.00. The summed E-state index contributed by atoms with van der Waals surface area (Å²) in [5, 5.41) is 4.05. The largest absolute Gasteiger partial charge is 0.494 e. The van der Waals surface area contributed by atoms with Crippen molar-refractivity contribution >= 4 is 5.91 Å². The lowest BCUT2D eigenvalue weighted by Gasteiger charge is -2.25. The third-order valence-electron chi connectivity index (χ3n) is 4.57. The second kappa shape index (κ2) is 9.87. The number of aromatic nitrogens is 2. The summed E-state index contributed by atoms with van der Waals surface area (Å²) in [6, 6.07) is 17.6. The number of nitrogens with zero attached hydrogens (tertiary/aromatic N) is 3. The Morgan fingerprint density at radius 3 is 2.52 bits per heavy atom. The smallest absolute Gasteiger partial charge is 0.246 e. The molecule has 0 aliphatic heterocycles. The maximum atomic E-state index is 12.7. The minimum Gasteiger partial charge on any atom is -0.494 e. The lowest BCUT2D eigenvalue weighted by atomic mass is 10.1. The van der Waals surface area contributed by atoms with E-state index in [1.165, 1.54) is 5.56 Å². The number of carbonyl (C=O) groups is 1. The summed E-state index contributed by atoms with van der Waals surface area (Å²) in [6.07, 6.45) is 1.05. The number of rotatable bonds is 9. The van der Waals surface area contributed by atoms with Crippen molar-refractivity contribution < 1.29 is 14.1 Å². The quantitative estimate of drug-likeness (QED) is 0.495. The van der Waals surface area contributed by atoms with Crippen LogP contribution in [0.4, 0.5) is 0 Å². The van der Waals surface area contributed by atoms with E-state index in [1.807, 2.05) is 75.4 Å². The molecule has 0 radical (unpaired) electrons. The maximum absolute atomic E-state index is 12.7. The normalized spacial score (nSPS) is 10.9. The fraction of sp³-hybridized carbons (Fsp3) is 0.348. The highest BCUT2D eigenvalue weighted by atomic mass is 16.5. The molecule has 0 spiro atoms. The van der Waals surface area contributed by atoms with Gasteiger partial charge in [-0.05, 0) is 39.3 Å². The van der Waals surface area contributed by atoms with Gasteiger partial charge in [-0.3, -0.25) is 4.79 Å². The number of aryl methyl sites for hydroxylation is 1. The Morgan fingerprint density at radius 2 is 1.83 bits per heavy atom. The first-order valence-corrected chi connectivity index (χ1v) is 9.90. The van der Waals surface area contributed by atoms with Crippen LogP contribution in [0.1, 0.15) is 38.1 Å². The number of carbonyl (C=O) groups excluding carboxylic acids is 1. The molecule has 6 nitrogen and oxygen atoms in total. The van der Waals surface area contributed by atoms with Gasteiger partial charge in [-0.15, -0.1) is 0 Å². The average molecular weight is 393 g/mol. The third kappa shape index (κ3) is 5.91. The van der Waals surface area contributed by atoms with E-state index in [-0.39, 0.29) is 11.9 Å². The Balaban J connectivity index is 1.54. The van der Waals surface area contributed by atoms with Crippen molar-refractivity contribution in [3.05, 3.63) is 66.1 Å². The van der Waals surface area contributed by atoms with Crippen molar-refractivity contribution in [2.24, 2.45) is 0 Å². The summed E-state index contributed by atoms with van der Waals surface area (Å²) in [7, 11) is 0. The summed E-state index contributed by atoms with van der Waals surface area (Å²) in [5.41, 5.74) is 2.07. The molecule has 29 heavy (non-hydrogen) atoms. The van der Waals surface area contributed by atoms with Crippen LogP contribution in [-0.4, -0.2) is 33.6 Å². The van der Waals surface area contributed by atoms with Crippen LogP contribution in [0.2, 0.25) is 0 Å². The fourth-order valence-corrected chi connectivity index (χ4v) is 2.92. The van der Waals surface area contributed by atoms with Gasteiger partial charge in [-0.1, -0.05) is 53.2 Å². The van der Waals surface area contributed by atoms with E-state index in [4.69, 9.17) is 9.26 Å². The summed E-state index contributed by atoms with van der Waals surface area (Å²) in [4.78, 5) is 18.9. The fourth-order valence-electron chi connectivity index (χ4n) is 2.92. The highest BCUT2D eigenvalue weighted by Crippen LogP contribution is 2.18. The van der Waals surface area contributed by atoms with Crippen molar-refractivity contribution in [1.82, 2.24) is 15.0 Å². The molecule has 0 unspecified atom stereocenters. The second-order valence-corrected chi connectivity index (χ2v) is 7.26. The van der Waals surface area contributed by atoms with Gasteiger partial charge in [-0.25, -0.2) is 0 Å². The van der Waals surface area contributed by atoms with Gasteiger partial charge in [0.2, 0.25) is 17.6 Å². The molecule has 152 valence electrons. The predicted octanol–water partition coefficient (Wildman–Crippen LogP) is 4.64. The van der Waals surface area contributed by atoms with Crippen LogP contribution >= 0.6 is 0 Å². The minimum atomic E-state index is 0.0345. The van der Waals surface area contributed by atoms with Gasteiger partial charge in [0.1, 0.15) is 12.3 Å². The molecule has 0 fully saturated rings. The van der Waals surface area contributed by atoms with Gasteiger partial charge in [-0.2, -0.15) is 4.98 Å². The first-order chi connectivity index (χ1) is 14.0. The summed E-state index contributed by atoms with van der Waals surface area (Å²) in [5.74, 6) is 1.83. The molecule has 3 rings (SSSR count). The molecule has 2 aromatic carbocycles. The van der Waals surface area contributed by atoms with E-state index in [1.54, 1.807) is 4.90 Å². The topological polar surface area (TPSA) is 68.5 Å². The number of para-hydroxylation sites is 1. The van der Waals surface area contributed by atoms with Crippen LogP contribution in [0.25, 0.3) is 11.4 Å². The first kappa shape index (κ1) is 20.6. The molecule has 0 saturated heterocycles. The summed E-state index contributed by atoms with van der Waals surface area (Å²) < 4.78 is 11.0. The predicted molar refractivity (Wildman–Crippen MR) is 111 cm³/mol. The van der Waals surface area contributed by atoms with Crippen molar-refractivity contribution in [2.45, 2.75) is 46.2 Å². The van der Waals surface area contributed by atoms with Crippen LogP contribution < -0.4 is 4.74 Å². The summed E-state index contributed by atoms with van der Waals surface area (Å²) in [6.45, 7) is 6.79. The zero-order chi connectivity index (χ0) is 20.6. The molecular weight excluding hydrogens is 366 g/mol. The van der Waals surface area contributed by atoms with Gasteiger partial charge in [0.25, 0.3) is 0 Å². The van der Waals surface area contributed by atoms with Gasteiger partial charge in [0, 0.05) is 18.0 Å². The molecule has 1 heterocycles. The maximum Gasteiger partial charge on any atom is 0.246 e. The number of benzene rings is 2. The Bertz CT molecular complexity index is 905. The Hall–Kier alpha value is -3.15. The minimum absolute atomic E-state index is 0.0345. The first-order valence-electron chi connectivity index (χ1n) is 9.90. The molecule has 1 amide bonds. The van der Waals surface area contributed by atoms with Crippen LogP contribution in [0.3, 0.4) is 0 Å². The van der Waals surface area contributed by atoms with E-state index in [0.29, 0.717) is 37.7 Å². The Morgan fingerprint density at radius 1 is 1.10 bits per heavy atom. The van der Waals surface area contributed by atoms with Gasteiger partial charge in [0.15, 0.2) is 0 Å². The summed E-state index contributed by atoms with van der Waals surface area (Å²) >= 11 is 0. The average Bonchev–Trinajstić information content (AvgIpc) is 3.19. The standard InChI is InChI=1S/C23H27N3O3/c1-17(2)26(22(27)10-7-15-28-20-8-5-4-6-9-20)16-21-24-23(25-29-21)19-13-11-18(3)12-14-19/h4-6,8-9,11-14,17H,7,10,15-16H2,1-3H3. The van der Waals surface area contributed by atoms with E-state index in [9.17, 15) is 4.79 Å². The van der Waals surface area contributed by atoms with Gasteiger partial charge in [0.05, 0.1) is 6.61 Å². The van der Waals surface area contributed by atoms with Crippen LogP contribution in [0, 0.1) is 6.92 Å². The van der Waals surface area contributed by atoms with Crippen molar-refractivity contribution in [3.8, 4) is 17.1 Å². The molecule has 0 N–H and O–H groups in total. The molecule has 0 atom stereocenters. The number of amides is 1. The zero-order valence-corrected chi connectivity index (χ0v) is 17.2. The van der Waals surface area contributed by atoms with E-state index >= 15 is 0 Å². The SMILES string of the molecule is Cc1ccc(-c2noc(CN(C(=O)CCCOc3ccccc3)C(C)C)n2)cc1. The lowest BCUT2D eigenvalue weighted by molar-refractivity contribution is -0.134. The highest BCUT2D eigenvalue weighted by molar-refractivity contribution is 5.76. The van der Waals surface area contributed by atoms with Crippen molar-refractivity contribution in [3.63, 3.8) is 0 Å². The lowest BCUT2D eigenvalue weighted by Crippen LogP contribution is -2.36. The molecule has 0 aliphatic rings. The monoisotopic (exact) mass is 393 g/mol. The van der Waals surface area contributed by atoms with Gasteiger partial charge < -0.3 is 14.2 Å². The van der Waals surface area contributed by atoms with Crippen molar-refractivity contribution in [1.29, 1.82) is 0 Å². The molecule has 6 heteroatoms. The molecule has 0 bridgehead atoms. The zero-order valence-electron chi connectivity index (χ0n) is 17.2. The van der Waals surface area contributed by atoms with E-state index < -0.39 is 0 Å². The highest BCUT2D eigenvalue weighted by Gasteiger charge is 2.20. The molecule has 0 aliphatic carbocycles. The van der Waals surface area contributed by atoms with Gasteiger partial charge >= 0.3 is 0 Å². The molecule has 1 aromatic heterocycles. The second-order valence-electron chi connectivity index (χ2n) is 7.26. The van der Waals surface area contributed by atoms with Crippen LogP contribution in [-0.2, 0) is 11.3 Å².